The molecule has 1 amide bonds. The molecule has 0 saturated heterocycles. The third-order valence-electron chi connectivity index (χ3n) is 4.12. The van der Waals surface area contributed by atoms with Crippen molar-refractivity contribution < 1.29 is 13.2 Å². The van der Waals surface area contributed by atoms with Gasteiger partial charge in [0.1, 0.15) is 17.6 Å². The van der Waals surface area contributed by atoms with Crippen molar-refractivity contribution in [3.05, 3.63) is 82.4 Å². The molecule has 0 aliphatic heterocycles. The Hall–Kier alpha value is -2.35. The summed E-state index contributed by atoms with van der Waals surface area (Å²) in [5.41, 5.74) is 0.732. The average molecular weight is 438 g/mol. The molecule has 146 valence electrons. The maximum Gasteiger partial charge on any atom is 0.236 e. The van der Waals surface area contributed by atoms with Gasteiger partial charge in [0.25, 0.3) is 0 Å². The number of aromatic nitrogens is 2. The van der Waals surface area contributed by atoms with Crippen LogP contribution >= 0.6 is 23.2 Å². The summed E-state index contributed by atoms with van der Waals surface area (Å²) >= 11 is 11.7. The number of hydrogen-bond acceptors (Lipinski definition) is 4. The molecule has 6 nitrogen and oxygen atoms in total. The highest BCUT2D eigenvalue weighted by Crippen LogP contribution is 2.23. The summed E-state index contributed by atoms with van der Waals surface area (Å²) in [4.78, 5) is 16.9. The van der Waals surface area contributed by atoms with Crippen molar-refractivity contribution in [2.45, 2.75) is 10.9 Å². The second-order valence-electron chi connectivity index (χ2n) is 6.16. The molecular weight excluding hydrogens is 421 g/mol. The predicted molar refractivity (Wildman–Crippen MR) is 108 cm³/mol. The van der Waals surface area contributed by atoms with Gasteiger partial charge in [-0.2, -0.15) is 0 Å². The van der Waals surface area contributed by atoms with E-state index < -0.39 is 27.5 Å². The molecule has 0 aliphatic rings. The number of carbonyl (C=O) groups excluding carboxylic acids is 1. The lowest BCUT2D eigenvalue weighted by atomic mass is 10.1. The molecule has 0 fully saturated rings. The second kappa shape index (κ2) is 8.34. The summed E-state index contributed by atoms with van der Waals surface area (Å²) in [6.45, 7) is 0. The number of amides is 1. The molecule has 0 bridgehead atoms. The van der Waals surface area contributed by atoms with E-state index in [1.54, 1.807) is 48.3 Å². The van der Waals surface area contributed by atoms with Crippen LogP contribution in [0.4, 0.5) is 0 Å². The van der Waals surface area contributed by atoms with E-state index in [-0.39, 0.29) is 4.90 Å². The van der Waals surface area contributed by atoms with Gasteiger partial charge in [0, 0.05) is 29.5 Å². The van der Waals surface area contributed by atoms with Crippen molar-refractivity contribution in [2.24, 2.45) is 7.05 Å². The van der Waals surface area contributed by atoms with Crippen LogP contribution in [0.5, 0.6) is 0 Å². The summed E-state index contributed by atoms with van der Waals surface area (Å²) in [5.74, 6) is -0.763. The highest BCUT2D eigenvalue weighted by atomic mass is 35.5. The van der Waals surface area contributed by atoms with Gasteiger partial charge in [0.05, 0.1) is 4.90 Å². The number of halogens is 2. The number of sulfone groups is 1. The third kappa shape index (κ3) is 4.73. The molecule has 3 aromatic rings. The highest BCUT2D eigenvalue weighted by molar-refractivity contribution is 7.92. The Morgan fingerprint density at radius 3 is 2.18 bits per heavy atom. The first-order valence-corrected chi connectivity index (χ1v) is 10.7. The molecule has 28 heavy (non-hydrogen) atoms. The van der Waals surface area contributed by atoms with Gasteiger partial charge in [0.2, 0.25) is 5.91 Å². The zero-order valence-electron chi connectivity index (χ0n) is 14.8. The van der Waals surface area contributed by atoms with E-state index >= 15 is 0 Å². The van der Waals surface area contributed by atoms with Crippen LogP contribution in [0, 0.1) is 0 Å². The van der Waals surface area contributed by atoms with Crippen molar-refractivity contribution in [3.63, 3.8) is 0 Å². The smallest absolute Gasteiger partial charge is 0.236 e. The van der Waals surface area contributed by atoms with Crippen LogP contribution in [0.1, 0.15) is 17.4 Å². The van der Waals surface area contributed by atoms with Crippen LogP contribution in [0.3, 0.4) is 0 Å². The van der Waals surface area contributed by atoms with E-state index in [0.717, 1.165) is 5.56 Å². The Balaban J connectivity index is 1.84. The molecule has 0 spiro atoms. The van der Waals surface area contributed by atoms with Crippen LogP contribution in [0.15, 0.2) is 65.8 Å². The largest absolute Gasteiger partial charge is 0.341 e. The SMILES string of the molecule is Cn1ccnc1C(NC(=O)CS(=O)(=O)c1ccc(Cl)cc1)c1ccc(Cl)cc1. The normalized spacial score (nSPS) is 12.5. The van der Waals surface area contributed by atoms with Crippen molar-refractivity contribution in [3.8, 4) is 0 Å². The van der Waals surface area contributed by atoms with Gasteiger partial charge in [-0.15, -0.1) is 0 Å². The molecule has 1 heterocycles. The lowest BCUT2D eigenvalue weighted by Crippen LogP contribution is -2.35. The first-order valence-electron chi connectivity index (χ1n) is 8.26. The molecule has 0 aliphatic carbocycles. The number of benzene rings is 2. The summed E-state index contributed by atoms with van der Waals surface area (Å²) in [6.07, 6.45) is 3.35. The van der Waals surface area contributed by atoms with Gasteiger partial charge in [-0.3, -0.25) is 4.79 Å². The molecule has 1 atom stereocenters. The van der Waals surface area contributed by atoms with Gasteiger partial charge in [-0.1, -0.05) is 35.3 Å². The molecular formula is C19H17Cl2N3O3S. The molecule has 1 aromatic heterocycles. The van der Waals surface area contributed by atoms with Gasteiger partial charge < -0.3 is 9.88 Å². The fourth-order valence-electron chi connectivity index (χ4n) is 2.71. The summed E-state index contributed by atoms with van der Waals surface area (Å²) in [6, 6.07) is 12.0. The van der Waals surface area contributed by atoms with Crippen LogP contribution in [-0.4, -0.2) is 29.6 Å². The van der Waals surface area contributed by atoms with Gasteiger partial charge in [-0.05, 0) is 42.0 Å². The van der Waals surface area contributed by atoms with E-state index in [2.05, 4.69) is 10.3 Å². The number of nitrogens with one attached hydrogen (secondary N) is 1. The fourth-order valence-corrected chi connectivity index (χ4v) is 4.11. The van der Waals surface area contributed by atoms with E-state index in [0.29, 0.717) is 15.9 Å². The molecule has 1 N–H and O–H groups in total. The zero-order valence-corrected chi connectivity index (χ0v) is 17.2. The lowest BCUT2D eigenvalue weighted by molar-refractivity contribution is -0.119. The lowest BCUT2D eigenvalue weighted by Gasteiger charge is -2.19. The van der Waals surface area contributed by atoms with Crippen LogP contribution in [0.25, 0.3) is 0 Å². The van der Waals surface area contributed by atoms with Gasteiger partial charge in [-0.25, -0.2) is 13.4 Å². The standard InChI is InChI=1S/C19H17Cl2N3O3S/c1-24-11-10-22-19(24)18(13-2-4-14(20)5-3-13)23-17(25)12-28(26,27)16-8-6-15(21)7-9-16/h2-11,18H,12H2,1H3,(H,23,25). The minimum atomic E-state index is -3.81. The summed E-state index contributed by atoms with van der Waals surface area (Å²) in [7, 11) is -2.02. The maximum absolute atomic E-state index is 12.6. The Labute approximate surface area is 173 Å². The van der Waals surface area contributed by atoms with E-state index in [1.165, 1.54) is 24.3 Å². The Bertz CT molecular complexity index is 1080. The molecule has 9 heteroatoms. The quantitative estimate of drug-likeness (QED) is 0.640. The van der Waals surface area contributed by atoms with Gasteiger partial charge >= 0.3 is 0 Å². The van der Waals surface area contributed by atoms with Crippen molar-refractivity contribution in [1.29, 1.82) is 0 Å². The molecule has 2 aromatic carbocycles. The second-order valence-corrected chi connectivity index (χ2v) is 9.02. The first kappa shape index (κ1) is 20.4. The van der Waals surface area contributed by atoms with Crippen molar-refractivity contribution in [1.82, 2.24) is 14.9 Å². The van der Waals surface area contributed by atoms with Crippen LogP contribution < -0.4 is 5.32 Å². The topological polar surface area (TPSA) is 81.1 Å². The maximum atomic E-state index is 12.6. The zero-order chi connectivity index (χ0) is 20.3. The number of rotatable bonds is 6. The monoisotopic (exact) mass is 437 g/mol. The van der Waals surface area contributed by atoms with Crippen molar-refractivity contribution in [2.75, 3.05) is 5.75 Å². The van der Waals surface area contributed by atoms with Crippen LogP contribution in [0.2, 0.25) is 10.0 Å². The minimum Gasteiger partial charge on any atom is -0.341 e. The number of hydrogen-bond donors (Lipinski definition) is 1. The number of nitrogens with zero attached hydrogens (tertiary/aromatic N) is 2. The van der Waals surface area contributed by atoms with E-state index in [1.807, 2.05) is 0 Å². The highest BCUT2D eigenvalue weighted by Gasteiger charge is 2.25. The third-order valence-corrected chi connectivity index (χ3v) is 6.26. The van der Waals surface area contributed by atoms with E-state index in [9.17, 15) is 13.2 Å². The van der Waals surface area contributed by atoms with Crippen molar-refractivity contribution >= 4 is 38.9 Å². The first-order chi connectivity index (χ1) is 13.3. The number of aryl methyl sites for hydroxylation is 1. The van der Waals surface area contributed by atoms with Gasteiger partial charge in [0.15, 0.2) is 9.84 Å². The number of carbonyl (C=O) groups is 1. The average Bonchev–Trinajstić information content (AvgIpc) is 3.06. The minimum absolute atomic E-state index is 0.0343. The molecule has 0 radical (unpaired) electrons. The number of imidazole rings is 1. The molecule has 1 unspecified atom stereocenters. The summed E-state index contributed by atoms with van der Waals surface area (Å²) in [5, 5.41) is 3.73. The van der Waals surface area contributed by atoms with E-state index in [4.69, 9.17) is 23.2 Å². The summed E-state index contributed by atoms with van der Waals surface area (Å²) < 4.78 is 26.8. The van der Waals surface area contributed by atoms with Crippen LogP contribution in [-0.2, 0) is 21.7 Å². The predicted octanol–water partition coefficient (Wildman–Crippen LogP) is 3.41. The molecule has 3 rings (SSSR count). The Kier molecular flexibility index (Phi) is 6.07. The Morgan fingerprint density at radius 2 is 1.64 bits per heavy atom. The Morgan fingerprint density at radius 1 is 1.07 bits per heavy atom. The fraction of sp³-hybridized carbons (Fsp3) is 0.158. The molecule has 0 saturated carbocycles.